The molecule has 1 heterocycles. The van der Waals surface area contributed by atoms with Crippen LogP contribution in [-0.2, 0) is 4.79 Å². The van der Waals surface area contributed by atoms with Gasteiger partial charge in [-0.15, -0.1) is 0 Å². The summed E-state index contributed by atoms with van der Waals surface area (Å²) in [4.78, 5) is 12.8. The van der Waals surface area contributed by atoms with Gasteiger partial charge in [0.1, 0.15) is 0 Å². The lowest BCUT2D eigenvalue weighted by Crippen LogP contribution is -2.27. The summed E-state index contributed by atoms with van der Waals surface area (Å²) < 4.78 is 0. The van der Waals surface area contributed by atoms with Crippen LogP contribution in [0.2, 0.25) is 0 Å². The Kier molecular flexibility index (Phi) is 4.58. The third kappa shape index (κ3) is 3.49. The minimum atomic E-state index is -0.675. The first kappa shape index (κ1) is 12.5. The summed E-state index contributed by atoms with van der Waals surface area (Å²) in [6.07, 6.45) is 4.88. The van der Waals surface area contributed by atoms with E-state index in [1.807, 2.05) is 0 Å². The molecule has 1 fully saturated rings. The second kappa shape index (κ2) is 5.50. The van der Waals surface area contributed by atoms with Crippen LogP contribution in [0.25, 0.3) is 0 Å². The van der Waals surface area contributed by atoms with Crippen LogP contribution < -0.4 is 0 Å². The molecule has 1 aliphatic rings. The third-order valence-electron chi connectivity index (χ3n) is 3.88. The van der Waals surface area contributed by atoms with Crippen LogP contribution in [0, 0.1) is 5.41 Å². The molecule has 1 N–H and O–H groups in total. The van der Waals surface area contributed by atoms with Crippen molar-refractivity contribution in [1.29, 1.82) is 0 Å². The number of carboxylic acids is 1. The number of nitrogens with zero attached hydrogens (tertiary/aromatic N) is 1. The average molecular weight is 213 g/mol. The quantitative estimate of drug-likeness (QED) is 0.736. The van der Waals surface area contributed by atoms with Gasteiger partial charge in [0.2, 0.25) is 0 Å². The van der Waals surface area contributed by atoms with Crippen LogP contribution in [0.5, 0.6) is 0 Å². The molecule has 1 saturated heterocycles. The Hall–Kier alpha value is -0.570. The van der Waals surface area contributed by atoms with Crippen molar-refractivity contribution in [2.45, 2.75) is 46.0 Å². The predicted molar refractivity (Wildman–Crippen MR) is 60.9 cm³/mol. The highest BCUT2D eigenvalue weighted by atomic mass is 16.4. The highest BCUT2D eigenvalue weighted by Crippen LogP contribution is 2.36. The van der Waals surface area contributed by atoms with E-state index in [-0.39, 0.29) is 0 Å². The lowest BCUT2D eigenvalue weighted by Gasteiger charge is -2.26. The number of hydrogen-bond donors (Lipinski definition) is 1. The van der Waals surface area contributed by atoms with E-state index in [9.17, 15) is 4.79 Å². The Labute approximate surface area is 92.5 Å². The zero-order chi connectivity index (χ0) is 11.3. The summed E-state index contributed by atoms with van der Waals surface area (Å²) in [6.45, 7) is 7.81. The number of hydrogen-bond acceptors (Lipinski definition) is 2. The largest absolute Gasteiger partial charge is 0.481 e. The van der Waals surface area contributed by atoms with Crippen LogP contribution >= 0.6 is 0 Å². The molecule has 0 aromatic rings. The van der Waals surface area contributed by atoms with E-state index in [1.54, 1.807) is 0 Å². The molecule has 0 unspecified atom stereocenters. The zero-order valence-corrected chi connectivity index (χ0v) is 9.96. The second-order valence-corrected chi connectivity index (χ2v) is 4.73. The van der Waals surface area contributed by atoms with Gasteiger partial charge in [-0.2, -0.15) is 0 Å². The maximum atomic E-state index is 10.4. The molecule has 0 spiro atoms. The van der Waals surface area contributed by atoms with Crippen LogP contribution in [-0.4, -0.2) is 35.6 Å². The van der Waals surface area contributed by atoms with Gasteiger partial charge in [-0.25, -0.2) is 0 Å². The normalized spacial score (nSPS) is 20.7. The molecule has 0 radical (unpaired) electrons. The summed E-state index contributed by atoms with van der Waals surface area (Å²) in [5, 5.41) is 8.56. The topological polar surface area (TPSA) is 40.5 Å². The molecule has 0 bridgehead atoms. The standard InChI is InChI=1S/C12H23NO2/c1-3-12(4-2)7-9-13(10-12)8-5-6-11(14)15/h3-10H2,1-2H3,(H,14,15). The van der Waals surface area contributed by atoms with Crippen LogP contribution in [0.3, 0.4) is 0 Å². The van der Waals surface area contributed by atoms with Crippen molar-refractivity contribution in [3.8, 4) is 0 Å². The third-order valence-corrected chi connectivity index (χ3v) is 3.88. The molecule has 0 amide bonds. The number of carbonyl (C=O) groups is 1. The lowest BCUT2D eigenvalue weighted by atomic mass is 9.82. The Balaban J connectivity index is 2.27. The molecular formula is C12H23NO2. The Morgan fingerprint density at radius 1 is 1.40 bits per heavy atom. The number of carboxylic acid groups (broad SMARTS) is 1. The minimum Gasteiger partial charge on any atom is -0.481 e. The summed E-state index contributed by atoms with van der Waals surface area (Å²) in [5.74, 6) is -0.675. The Morgan fingerprint density at radius 3 is 2.53 bits per heavy atom. The van der Waals surface area contributed by atoms with Crippen LogP contribution in [0.4, 0.5) is 0 Å². The predicted octanol–water partition coefficient (Wildman–Crippen LogP) is 2.36. The summed E-state index contributed by atoms with van der Waals surface area (Å²) in [7, 11) is 0. The molecule has 1 aliphatic heterocycles. The fourth-order valence-corrected chi connectivity index (χ4v) is 2.50. The van der Waals surface area contributed by atoms with Crippen molar-refractivity contribution in [2.24, 2.45) is 5.41 Å². The van der Waals surface area contributed by atoms with Gasteiger partial charge in [0.25, 0.3) is 0 Å². The van der Waals surface area contributed by atoms with Gasteiger partial charge in [-0.3, -0.25) is 4.79 Å². The molecule has 1 rings (SSSR count). The van der Waals surface area contributed by atoms with E-state index in [1.165, 1.54) is 25.8 Å². The molecule has 15 heavy (non-hydrogen) atoms. The maximum Gasteiger partial charge on any atom is 0.303 e. The van der Waals surface area contributed by atoms with Gasteiger partial charge < -0.3 is 10.0 Å². The summed E-state index contributed by atoms with van der Waals surface area (Å²) in [5.41, 5.74) is 0.517. The molecule has 0 aromatic carbocycles. The number of rotatable bonds is 6. The molecule has 0 aliphatic carbocycles. The Bertz CT molecular complexity index is 212. The summed E-state index contributed by atoms with van der Waals surface area (Å²) >= 11 is 0. The van der Waals surface area contributed by atoms with Crippen molar-refractivity contribution in [2.75, 3.05) is 19.6 Å². The van der Waals surface area contributed by atoms with Crippen LogP contribution in [0.1, 0.15) is 46.0 Å². The first-order valence-corrected chi connectivity index (χ1v) is 6.06. The fraction of sp³-hybridized carbons (Fsp3) is 0.917. The molecule has 0 atom stereocenters. The van der Waals surface area contributed by atoms with E-state index in [4.69, 9.17) is 5.11 Å². The minimum absolute atomic E-state index is 0.307. The van der Waals surface area contributed by atoms with Gasteiger partial charge in [-0.05, 0) is 44.2 Å². The monoisotopic (exact) mass is 213 g/mol. The van der Waals surface area contributed by atoms with Crippen molar-refractivity contribution < 1.29 is 9.90 Å². The molecule has 88 valence electrons. The lowest BCUT2D eigenvalue weighted by molar-refractivity contribution is -0.137. The van der Waals surface area contributed by atoms with Crippen molar-refractivity contribution in [3.63, 3.8) is 0 Å². The smallest absolute Gasteiger partial charge is 0.303 e. The highest BCUT2D eigenvalue weighted by Gasteiger charge is 2.34. The molecule has 3 heteroatoms. The summed E-state index contributed by atoms with van der Waals surface area (Å²) in [6, 6.07) is 0. The number of likely N-dealkylation sites (tertiary alicyclic amines) is 1. The molecule has 3 nitrogen and oxygen atoms in total. The first-order chi connectivity index (χ1) is 7.12. The number of aliphatic carboxylic acids is 1. The van der Waals surface area contributed by atoms with Gasteiger partial charge in [-0.1, -0.05) is 13.8 Å². The Morgan fingerprint density at radius 2 is 2.07 bits per heavy atom. The maximum absolute atomic E-state index is 10.4. The van der Waals surface area contributed by atoms with E-state index < -0.39 is 5.97 Å². The van der Waals surface area contributed by atoms with E-state index >= 15 is 0 Å². The fourth-order valence-electron chi connectivity index (χ4n) is 2.50. The zero-order valence-electron chi connectivity index (χ0n) is 9.96. The average Bonchev–Trinajstić information content (AvgIpc) is 2.62. The van der Waals surface area contributed by atoms with Gasteiger partial charge in [0.05, 0.1) is 0 Å². The van der Waals surface area contributed by atoms with E-state index in [0.717, 1.165) is 19.5 Å². The molecular weight excluding hydrogens is 190 g/mol. The van der Waals surface area contributed by atoms with Gasteiger partial charge in [0.15, 0.2) is 0 Å². The van der Waals surface area contributed by atoms with Gasteiger partial charge in [0, 0.05) is 13.0 Å². The SMILES string of the molecule is CCC1(CC)CCN(CCCC(=O)O)C1. The highest BCUT2D eigenvalue weighted by molar-refractivity contribution is 5.66. The van der Waals surface area contributed by atoms with Crippen LogP contribution in [0.15, 0.2) is 0 Å². The van der Waals surface area contributed by atoms with Crippen molar-refractivity contribution in [3.05, 3.63) is 0 Å². The second-order valence-electron chi connectivity index (χ2n) is 4.73. The first-order valence-electron chi connectivity index (χ1n) is 6.06. The molecule has 0 aromatic heterocycles. The van der Waals surface area contributed by atoms with E-state index in [0.29, 0.717) is 11.8 Å². The van der Waals surface area contributed by atoms with Crippen molar-refractivity contribution >= 4 is 5.97 Å². The van der Waals surface area contributed by atoms with Crippen molar-refractivity contribution in [1.82, 2.24) is 4.90 Å². The van der Waals surface area contributed by atoms with E-state index in [2.05, 4.69) is 18.7 Å². The van der Waals surface area contributed by atoms with Gasteiger partial charge >= 0.3 is 5.97 Å². The molecule has 0 saturated carbocycles.